The minimum atomic E-state index is -0.892. The first-order valence-corrected chi connectivity index (χ1v) is 9.55. The molecule has 6 heteroatoms. The van der Waals surface area contributed by atoms with Crippen LogP contribution < -0.4 is 15.0 Å². The third-order valence-corrected chi connectivity index (χ3v) is 5.25. The number of hydrogen-bond donors (Lipinski definition) is 2. The van der Waals surface area contributed by atoms with Crippen LogP contribution in [0.3, 0.4) is 0 Å². The molecule has 6 nitrogen and oxygen atoms in total. The van der Waals surface area contributed by atoms with Crippen molar-refractivity contribution < 1.29 is 19.4 Å². The van der Waals surface area contributed by atoms with E-state index in [2.05, 4.69) is 23.2 Å². The van der Waals surface area contributed by atoms with E-state index in [1.165, 1.54) is 5.56 Å². The van der Waals surface area contributed by atoms with Crippen LogP contribution in [0.2, 0.25) is 0 Å². The van der Waals surface area contributed by atoms with Gasteiger partial charge in [0.05, 0.1) is 31.9 Å². The Hall–Kier alpha value is -2.57. The molecule has 1 heterocycles. The number of anilines is 1. The summed E-state index contributed by atoms with van der Waals surface area (Å²) in [6.45, 7) is 6.82. The molecule has 1 aliphatic heterocycles. The zero-order valence-electron chi connectivity index (χ0n) is 16.6. The van der Waals surface area contributed by atoms with Gasteiger partial charge in [0.1, 0.15) is 5.75 Å². The molecule has 0 spiro atoms. The Kier molecular flexibility index (Phi) is 6.54. The van der Waals surface area contributed by atoms with Crippen molar-refractivity contribution in [1.82, 2.24) is 5.32 Å². The largest absolute Gasteiger partial charge is 0.497 e. The number of nitrogens with zero attached hydrogens (tertiary/aromatic N) is 1. The number of hydrogen-bond acceptors (Lipinski definition) is 5. The molecule has 0 radical (unpaired) electrons. The van der Waals surface area contributed by atoms with Crippen molar-refractivity contribution in [3.8, 4) is 5.75 Å². The molecular formula is C22H28N2O4. The lowest BCUT2D eigenvalue weighted by Gasteiger charge is -2.38. The maximum absolute atomic E-state index is 11.3. The molecule has 1 aliphatic rings. The molecule has 0 saturated carbocycles. The summed E-state index contributed by atoms with van der Waals surface area (Å²) >= 11 is 0. The quantitative estimate of drug-likeness (QED) is 0.764. The minimum absolute atomic E-state index is 0.176. The summed E-state index contributed by atoms with van der Waals surface area (Å²) in [5.41, 5.74) is 3.32. The Balaban J connectivity index is 1.69. The molecule has 2 aromatic rings. The number of methoxy groups -OCH3 is 1. The number of aromatic carboxylic acids is 1. The Labute approximate surface area is 166 Å². The van der Waals surface area contributed by atoms with E-state index in [4.69, 9.17) is 9.47 Å². The van der Waals surface area contributed by atoms with Crippen LogP contribution in [0.1, 0.15) is 34.5 Å². The maximum Gasteiger partial charge on any atom is 0.335 e. The second kappa shape index (κ2) is 9.08. The summed E-state index contributed by atoms with van der Waals surface area (Å²) in [5, 5.41) is 12.8. The molecule has 150 valence electrons. The van der Waals surface area contributed by atoms with Gasteiger partial charge in [0.2, 0.25) is 0 Å². The van der Waals surface area contributed by atoms with Gasteiger partial charge in [-0.2, -0.15) is 0 Å². The summed E-state index contributed by atoms with van der Waals surface area (Å²) in [5.74, 6) is -0.0425. The molecule has 2 aromatic carbocycles. The molecule has 0 aliphatic carbocycles. The van der Waals surface area contributed by atoms with Gasteiger partial charge in [-0.25, -0.2) is 4.79 Å². The van der Waals surface area contributed by atoms with E-state index >= 15 is 0 Å². The minimum Gasteiger partial charge on any atom is -0.497 e. The zero-order chi connectivity index (χ0) is 20.1. The third-order valence-electron chi connectivity index (χ3n) is 5.25. The number of nitrogens with one attached hydrogen (secondary N) is 1. The van der Waals surface area contributed by atoms with Gasteiger partial charge in [0.15, 0.2) is 0 Å². The van der Waals surface area contributed by atoms with Crippen molar-refractivity contribution in [2.24, 2.45) is 0 Å². The summed E-state index contributed by atoms with van der Waals surface area (Å²) in [6, 6.07) is 13.9. The van der Waals surface area contributed by atoms with E-state index in [0.717, 1.165) is 30.1 Å². The number of benzene rings is 2. The SMILES string of the molecule is COc1cccc([C@@H](C)NCC2COCCN2c2ccc(C(=O)O)c(C)c2)c1. The van der Waals surface area contributed by atoms with Crippen molar-refractivity contribution in [3.63, 3.8) is 0 Å². The van der Waals surface area contributed by atoms with Crippen LogP contribution in [0.4, 0.5) is 5.69 Å². The van der Waals surface area contributed by atoms with Crippen molar-refractivity contribution >= 4 is 11.7 Å². The molecule has 1 unspecified atom stereocenters. The molecule has 2 N–H and O–H groups in total. The van der Waals surface area contributed by atoms with Crippen molar-refractivity contribution in [3.05, 3.63) is 59.2 Å². The van der Waals surface area contributed by atoms with E-state index in [1.807, 2.05) is 37.3 Å². The smallest absolute Gasteiger partial charge is 0.335 e. The predicted molar refractivity (Wildman–Crippen MR) is 110 cm³/mol. The van der Waals surface area contributed by atoms with Crippen LogP contribution in [-0.4, -0.2) is 50.5 Å². The van der Waals surface area contributed by atoms with Gasteiger partial charge < -0.3 is 24.8 Å². The fourth-order valence-electron chi connectivity index (χ4n) is 3.57. The van der Waals surface area contributed by atoms with E-state index in [0.29, 0.717) is 18.8 Å². The highest BCUT2D eigenvalue weighted by atomic mass is 16.5. The summed E-state index contributed by atoms with van der Waals surface area (Å²) < 4.78 is 11.0. The van der Waals surface area contributed by atoms with E-state index in [1.54, 1.807) is 13.2 Å². The lowest BCUT2D eigenvalue weighted by Crippen LogP contribution is -2.51. The van der Waals surface area contributed by atoms with Gasteiger partial charge in [-0.1, -0.05) is 12.1 Å². The molecule has 3 rings (SSSR count). The first kappa shape index (κ1) is 20.2. The maximum atomic E-state index is 11.3. The standard InChI is InChI=1S/C22H28N2O4/c1-15-11-18(7-8-21(15)22(25)26)24-9-10-28-14-19(24)13-23-16(2)17-5-4-6-20(12-17)27-3/h4-8,11-12,16,19,23H,9-10,13-14H2,1-3H3,(H,25,26)/t16-,19?/m1/s1. The van der Waals surface area contributed by atoms with Crippen molar-refractivity contribution in [1.29, 1.82) is 0 Å². The van der Waals surface area contributed by atoms with Crippen LogP contribution in [0.5, 0.6) is 5.75 Å². The Morgan fingerprint density at radius 3 is 2.89 bits per heavy atom. The van der Waals surface area contributed by atoms with Gasteiger partial charge >= 0.3 is 5.97 Å². The number of carboxylic acid groups (broad SMARTS) is 1. The molecule has 28 heavy (non-hydrogen) atoms. The molecule has 1 fully saturated rings. The molecule has 1 saturated heterocycles. The van der Waals surface area contributed by atoms with Crippen molar-refractivity contribution in [2.45, 2.75) is 25.9 Å². The van der Waals surface area contributed by atoms with Gasteiger partial charge in [0.25, 0.3) is 0 Å². The zero-order valence-corrected chi connectivity index (χ0v) is 16.6. The molecule has 0 aromatic heterocycles. The molecular weight excluding hydrogens is 356 g/mol. The lowest BCUT2D eigenvalue weighted by molar-refractivity contribution is 0.0696. The number of aryl methyl sites for hydroxylation is 1. The van der Waals surface area contributed by atoms with Gasteiger partial charge in [0, 0.05) is 24.8 Å². The van der Waals surface area contributed by atoms with Gasteiger partial charge in [-0.15, -0.1) is 0 Å². The number of carboxylic acids is 1. The first-order valence-electron chi connectivity index (χ1n) is 9.55. The second-order valence-electron chi connectivity index (χ2n) is 7.13. The Bertz CT molecular complexity index is 824. The fourth-order valence-corrected chi connectivity index (χ4v) is 3.57. The summed E-state index contributed by atoms with van der Waals surface area (Å²) in [7, 11) is 1.67. The lowest BCUT2D eigenvalue weighted by atomic mass is 10.1. The Morgan fingerprint density at radius 1 is 1.36 bits per heavy atom. The van der Waals surface area contributed by atoms with E-state index in [9.17, 15) is 9.90 Å². The Morgan fingerprint density at radius 2 is 2.18 bits per heavy atom. The highest BCUT2D eigenvalue weighted by molar-refractivity contribution is 5.89. The van der Waals surface area contributed by atoms with Crippen molar-refractivity contribution in [2.75, 3.05) is 38.3 Å². The summed E-state index contributed by atoms with van der Waals surface area (Å²) in [4.78, 5) is 13.6. The van der Waals surface area contributed by atoms with Crippen LogP contribution in [-0.2, 0) is 4.74 Å². The number of carbonyl (C=O) groups is 1. The van der Waals surface area contributed by atoms with Crippen LogP contribution in [0.15, 0.2) is 42.5 Å². The second-order valence-corrected chi connectivity index (χ2v) is 7.13. The third kappa shape index (κ3) is 4.64. The number of ether oxygens (including phenoxy) is 2. The molecule has 0 amide bonds. The topological polar surface area (TPSA) is 71.0 Å². The average molecular weight is 384 g/mol. The van der Waals surface area contributed by atoms with Crippen LogP contribution in [0, 0.1) is 6.92 Å². The first-order chi connectivity index (χ1) is 13.5. The average Bonchev–Trinajstić information content (AvgIpc) is 2.72. The van der Waals surface area contributed by atoms with Crippen LogP contribution in [0.25, 0.3) is 0 Å². The van der Waals surface area contributed by atoms with E-state index in [-0.39, 0.29) is 12.1 Å². The monoisotopic (exact) mass is 384 g/mol. The molecule has 2 atom stereocenters. The number of morpholine rings is 1. The predicted octanol–water partition coefficient (Wildman–Crippen LogP) is 3.26. The molecule has 0 bridgehead atoms. The fraction of sp³-hybridized carbons (Fsp3) is 0.409. The normalized spacial score (nSPS) is 18.0. The van der Waals surface area contributed by atoms with Gasteiger partial charge in [-0.3, -0.25) is 0 Å². The van der Waals surface area contributed by atoms with Gasteiger partial charge in [-0.05, 0) is 55.3 Å². The summed E-state index contributed by atoms with van der Waals surface area (Å²) in [6.07, 6.45) is 0. The highest BCUT2D eigenvalue weighted by Crippen LogP contribution is 2.24. The van der Waals surface area contributed by atoms with E-state index < -0.39 is 5.97 Å². The highest BCUT2D eigenvalue weighted by Gasteiger charge is 2.24. The number of rotatable bonds is 7. The van der Waals surface area contributed by atoms with Crippen LogP contribution >= 0.6 is 0 Å².